The van der Waals surface area contributed by atoms with Crippen molar-refractivity contribution in [2.45, 2.75) is 6.42 Å². The summed E-state index contributed by atoms with van der Waals surface area (Å²) >= 11 is 4.81. The molecule has 0 unspecified atom stereocenters. The van der Waals surface area contributed by atoms with Crippen molar-refractivity contribution in [2.75, 3.05) is 14.2 Å². The molecule has 0 aliphatic heterocycles. The first-order valence-corrected chi connectivity index (χ1v) is 4.44. The third-order valence-corrected chi connectivity index (χ3v) is 1.85. The van der Waals surface area contributed by atoms with Crippen LogP contribution in [-0.2, 0) is 6.42 Å². The van der Waals surface area contributed by atoms with Crippen molar-refractivity contribution in [3.8, 4) is 11.5 Å². The van der Waals surface area contributed by atoms with Crippen molar-refractivity contribution in [1.82, 2.24) is 4.98 Å². The summed E-state index contributed by atoms with van der Waals surface area (Å²) in [6, 6.07) is 1.72. The highest BCUT2D eigenvalue weighted by Gasteiger charge is 2.11. The number of hydrogen-bond donors (Lipinski definition) is 1. The van der Waals surface area contributed by atoms with Gasteiger partial charge < -0.3 is 15.2 Å². The zero-order valence-electron chi connectivity index (χ0n) is 8.11. The van der Waals surface area contributed by atoms with Crippen LogP contribution in [0.2, 0.25) is 0 Å². The molecule has 1 heterocycles. The molecule has 2 N–H and O–H groups in total. The maximum atomic E-state index is 5.43. The Bertz CT molecular complexity index is 342. The zero-order valence-corrected chi connectivity index (χ0v) is 8.93. The third kappa shape index (κ3) is 2.32. The summed E-state index contributed by atoms with van der Waals surface area (Å²) in [6.07, 6.45) is 2.05. The van der Waals surface area contributed by atoms with E-state index >= 15 is 0 Å². The minimum absolute atomic E-state index is 0.379. The van der Waals surface area contributed by atoms with Gasteiger partial charge in [0.25, 0.3) is 0 Å². The minimum atomic E-state index is 0.379. The van der Waals surface area contributed by atoms with Crippen LogP contribution >= 0.6 is 12.2 Å². The Balaban J connectivity index is 3.08. The first-order chi connectivity index (χ1) is 6.69. The van der Waals surface area contributed by atoms with Gasteiger partial charge in [0, 0.05) is 18.7 Å². The number of thiocarbonyl (C=S) groups is 1. The number of nitrogens with zero attached hydrogens (tertiary/aromatic N) is 1. The number of hydrogen-bond acceptors (Lipinski definition) is 4. The van der Waals surface area contributed by atoms with Gasteiger partial charge in [-0.3, -0.25) is 4.98 Å². The Kier molecular flexibility index (Phi) is 3.64. The molecular formula is C9H12N2O2S. The van der Waals surface area contributed by atoms with Gasteiger partial charge in [-0.1, -0.05) is 12.2 Å². The number of nitrogens with two attached hydrogens (primary N) is 1. The lowest BCUT2D eigenvalue weighted by atomic mass is 10.2. The fraction of sp³-hybridized carbons (Fsp3) is 0.333. The van der Waals surface area contributed by atoms with E-state index in [1.807, 2.05) is 0 Å². The highest BCUT2D eigenvalue weighted by molar-refractivity contribution is 7.80. The van der Waals surface area contributed by atoms with E-state index in [1.165, 1.54) is 0 Å². The van der Waals surface area contributed by atoms with Gasteiger partial charge >= 0.3 is 0 Å². The standard InChI is InChI=1S/C9H12N2O2S/c1-12-7-3-4-11-6(5-8(10)14)9(7)13-2/h3-4H,5H2,1-2H3,(H2,10,14). The summed E-state index contributed by atoms with van der Waals surface area (Å²) in [4.78, 5) is 4.50. The Morgan fingerprint density at radius 2 is 2.21 bits per heavy atom. The summed E-state index contributed by atoms with van der Waals surface area (Å²) in [5.74, 6) is 1.22. The Labute approximate surface area is 88.0 Å². The lowest BCUT2D eigenvalue weighted by molar-refractivity contribution is 0.350. The Morgan fingerprint density at radius 3 is 2.71 bits per heavy atom. The van der Waals surface area contributed by atoms with E-state index in [-0.39, 0.29) is 0 Å². The number of rotatable bonds is 4. The number of pyridine rings is 1. The van der Waals surface area contributed by atoms with Crippen molar-refractivity contribution >= 4 is 17.2 Å². The quantitative estimate of drug-likeness (QED) is 0.752. The monoisotopic (exact) mass is 212 g/mol. The normalized spacial score (nSPS) is 9.57. The smallest absolute Gasteiger partial charge is 0.182 e. The van der Waals surface area contributed by atoms with E-state index < -0.39 is 0 Å². The minimum Gasteiger partial charge on any atom is -0.493 e. The van der Waals surface area contributed by atoms with E-state index in [2.05, 4.69) is 4.98 Å². The van der Waals surface area contributed by atoms with Crippen molar-refractivity contribution in [3.05, 3.63) is 18.0 Å². The van der Waals surface area contributed by atoms with Gasteiger partial charge in [-0.2, -0.15) is 0 Å². The molecule has 0 bridgehead atoms. The first kappa shape index (κ1) is 10.7. The van der Waals surface area contributed by atoms with Crippen molar-refractivity contribution < 1.29 is 9.47 Å². The topological polar surface area (TPSA) is 57.4 Å². The number of ether oxygens (including phenoxy) is 2. The van der Waals surface area contributed by atoms with Gasteiger partial charge in [0.15, 0.2) is 11.5 Å². The molecule has 0 fully saturated rings. The van der Waals surface area contributed by atoms with E-state index in [1.54, 1.807) is 26.5 Å². The van der Waals surface area contributed by atoms with Crippen LogP contribution in [0.4, 0.5) is 0 Å². The van der Waals surface area contributed by atoms with Gasteiger partial charge in [0.1, 0.15) is 0 Å². The molecule has 0 radical (unpaired) electrons. The molecule has 1 rings (SSSR count). The van der Waals surface area contributed by atoms with Gasteiger partial charge in [0.05, 0.1) is 24.9 Å². The van der Waals surface area contributed by atoms with Gasteiger partial charge in [-0.25, -0.2) is 0 Å². The molecule has 5 heteroatoms. The third-order valence-electron chi connectivity index (χ3n) is 1.71. The molecule has 0 spiro atoms. The molecule has 0 saturated carbocycles. The van der Waals surface area contributed by atoms with Crippen molar-refractivity contribution in [1.29, 1.82) is 0 Å². The Hall–Kier alpha value is -1.36. The van der Waals surface area contributed by atoms with Crippen LogP contribution in [-0.4, -0.2) is 24.2 Å². The van der Waals surface area contributed by atoms with Crippen LogP contribution in [0.25, 0.3) is 0 Å². The molecular weight excluding hydrogens is 200 g/mol. The molecule has 1 aromatic heterocycles. The van der Waals surface area contributed by atoms with Gasteiger partial charge in [-0.05, 0) is 0 Å². The maximum Gasteiger partial charge on any atom is 0.182 e. The predicted molar refractivity (Wildman–Crippen MR) is 57.8 cm³/mol. The summed E-state index contributed by atoms with van der Waals surface area (Å²) in [6.45, 7) is 0. The van der Waals surface area contributed by atoms with Crippen LogP contribution in [0.5, 0.6) is 11.5 Å². The molecule has 0 aliphatic rings. The van der Waals surface area contributed by atoms with Gasteiger partial charge in [0.2, 0.25) is 0 Å². The highest BCUT2D eigenvalue weighted by Crippen LogP contribution is 2.28. The molecule has 14 heavy (non-hydrogen) atoms. The molecule has 0 aliphatic carbocycles. The lowest BCUT2D eigenvalue weighted by Crippen LogP contribution is -2.13. The summed E-state index contributed by atoms with van der Waals surface area (Å²) in [7, 11) is 3.13. The van der Waals surface area contributed by atoms with Crippen molar-refractivity contribution in [2.24, 2.45) is 5.73 Å². The SMILES string of the molecule is COc1ccnc(CC(N)=S)c1OC. The fourth-order valence-corrected chi connectivity index (χ4v) is 1.28. The van der Waals surface area contributed by atoms with Crippen LogP contribution in [0.1, 0.15) is 5.69 Å². The molecule has 4 nitrogen and oxygen atoms in total. The van der Waals surface area contributed by atoms with Crippen LogP contribution in [0.3, 0.4) is 0 Å². The lowest BCUT2D eigenvalue weighted by Gasteiger charge is -2.10. The maximum absolute atomic E-state index is 5.43. The second-order valence-electron chi connectivity index (χ2n) is 2.64. The van der Waals surface area contributed by atoms with E-state index in [0.717, 1.165) is 0 Å². The number of aromatic nitrogens is 1. The summed E-state index contributed by atoms with van der Waals surface area (Å²) in [5, 5.41) is 0. The predicted octanol–water partition coefficient (Wildman–Crippen LogP) is 0.927. The molecule has 0 atom stereocenters. The van der Waals surface area contributed by atoms with E-state index in [9.17, 15) is 0 Å². The van der Waals surface area contributed by atoms with Crippen LogP contribution in [0.15, 0.2) is 12.3 Å². The second-order valence-corrected chi connectivity index (χ2v) is 3.16. The largest absolute Gasteiger partial charge is 0.493 e. The average Bonchev–Trinajstić information content (AvgIpc) is 2.16. The fourth-order valence-electron chi connectivity index (χ4n) is 1.14. The van der Waals surface area contributed by atoms with Crippen molar-refractivity contribution in [3.63, 3.8) is 0 Å². The first-order valence-electron chi connectivity index (χ1n) is 4.03. The average molecular weight is 212 g/mol. The summed E-state index contributed by atoms with van der Waals surface area (Å²) in [5.41, 5.74) is 6.13. The molecule has 0 saturated heterocycles. The zero-order chi connectivity index (χ0) is 10.6. The van der Waals surface area contributed by atoms with Gasteiger partial charge in [-0.15, -0.1) is 0 Å². The number of methoxy groups -OCH3 is 2. The van der Waals surface area contributed by atoms with E-state index in [4.69, 9.17) is 27.4 Å². The Morgan fingerprint density at radius 1 is 1.50 bits per heavy atom. The molecule has 0 aromatic carbocycles. The van der Waals surface area contributed by atoms with E-state index in [0.29, 0.717) is 28.6 Å². The highest BCUT2D eigenvalue weighted by atomic mass is 32.1. The molecule has 1 aromatic rings. The molecule has 0 amide bonds. The molecule has 76 valence electrons. The second kappa shape index (κ2) is 4.76. The summed E-state index contributed by atoms with van der Waals surface area (Å²) < 4.78 is 10.3. The van der Waals surface area contributed by atoms with Crippen LogP contribution < -0.4 is 15.2 Å². The van der Waals surface area contributed by atoms with Crippen LogP contribution in [0, 0.1) is 0 Å².